The summed E-state index contributed by atoms with van der Waals surface area (Å²) in [7, 11) is 0. The van der Waals surface area contributed by atoms with Crippen LogP contribution in [0.3, 0.4) is 0 Å². The Bertz CT molecular complexity index is 1280. The van der Waals surface area contributed by atoms with Crippen molar-refractivity contribution < 1.29 is 14.3 Å². The molecule has 0 aromatic heterocycles. The fourth-order valence-corrected chi connectivity index (χ4v) is 4.96. The van der Waals surface area contributed by atoms with Gasteiger partial charge in [-0.25, -0.2) is 0 Å². The molecule has 4 nitrogen and oxygen atoms in total. The minimum Gasteiger partial charge on any atom is -0.380 e. The highest BCUT2D eigenvalue weighted by Crippen LogP contribution is 2.48. The summed E-state index contributed by atoms with van der Waals surface area (Å²) in [6, 6.07) is 21.0. The van der Waals surface area contributed by atoms with Crippen LogP contribution in [0.2, 0.25) is 10.0 Å². The predicted octanol–water partition coefficient (Wildman–Crippen LogP) is 6.94. The van der Waals surface area contributed by atoms with Gasteiger partial charge in [0.2, 0.25) is 0 Å². The first-order valence-corrected chi connectivity index (χ1v) is 12.3. The zero-order valence-corrected chi connectivity index (χ0v) is 21.3. The number of nitrogens with zero attached hydrogens (tertiary/aromatic N) is 1. The van der Waals surface area contributed by atoms with Crippen molar-refractivity contribution in [3.05, 3.63) is 111 Å². The molecule has 3 aromatic carbocycles. The van der Waals surface area contributed by atoms with Gasteiger partial charge in [-0.05, 0) is 48.4 Å². The normalized spacial score (nSPS) is 20.5. The van der Waals surface area contributed by atoms with Crippen molar-refractivity contribution in [1.82, 2.24) is 4.90 Å². The van der Waals surface area contributed by atoms with Crippen molar-refractivity contribution in [1.29, 1.82) is 0 Å². The molecule has 1 atom stereocenters. The van der Waals surface area contributed by atoms with Gasteiger partial charge in [0, 0.05) is 38.7 Å². The molecule has 1 fully saturated rings. The highest BCUT2D eigenvalue weighted by Gasteiger charge is 2.53. The maximum absolute atomic E-state index is 14.0. The van der Waals surface area contributed by atoms with Crippen LogP contribution in [0.1, 0.15) is 46.5 Å². The van der Waals surface area contributed by atoms with E-state index in [1.165, 1.54) is 0 Å². The van der Waals surface area contributed by atoms with Crippen LogP contribution >= 0.6 is 23.2 Å². The number of carbonyl (C=O) groups excluding carboxylic acids is 1. The van der Waals surface area contributed by atoms with Crippen LogP contribution in [-0.2, 0) is 21.7 Å². The maximum Gasteiger partial charge on any atom is 0.257 e. The second kappa shape index (κ2) is 9.11. The monoisotopic (exact) mass is 507 g/mol. The van der Waals surface area contributed by atoms with Gasteiger partial charge < -0.3 is 9.47 Å². The maximum atomic E-state index is 14.0. The number of ether oxygens (including phenoxy) is 2. The van der Waals surface area contributed by atoms with Gasteiger partial charge >= 0.3 is 0 Å². The van der Waals surface area contributed by atoms with Crippen molar-refractivity contribution in [2.75, 3.05) is 19.8 Å². The molecule has 35 heavy (non-hydrogen) atoms. The minimum absolute atomic E-state index is 0.0944. The summed E-state index contributed by atoms with van der Waals surface area (Å²) in [6.45, 7) is 10.2. The third-order valence-corrected chi connectivity index (χ3v) is 7.26. The van der Waals surface area contributed by atoms with Gasteiger partial charge in [-0.15, -0.1) is 0 Å². The SMILES string of the molecule is C=C(C)c1ccc2c(c1)C(=O)N(Cc1ccc(Cl)cc1)C2(OCC1(C)COC1)c1ccc(Cl)cc1. The first-order valence-electron chi connectivity index (χ1n) is 11.6. The van der Waals surface area contributed by atoms with E-state index >= 15 is 0 Å². The second-order valence-corrected chi connectivity index (χ2v) is 10.7. The lowest BCUT2D eigenvalue weighted by molar-refractivity contribution is -0.192. The first kappa shape index (κ1) is 24.1. The van der Waals surface area contributed by atoms with E-state index in [1.54, 1.807) is 0 Å². The van der Waals surface area contributed by atoms with Crippen LogP contribution in [-0.4, -0.2) is 30.6 Å². The molecule has 1 unspecified atom stereocenters. The summed E-state index contributed by atoms with van der Waals surface area (Å²) in [5, 5.41) is 1.27. The van der Waals surface area contributed by atoms with Gasteiger partial charge in [-0.1, -0.05) is 78.7 Å². The van der Waals surface area contributed by atoms with Crippen LogP contribution in [0.5, 0.6) is 0 Å². The van der Waals surface area contributed by atoms with Crippen LogP contribution in [0.4, 0.5) is 0 Å². The molecular weight excluding hydrogens is 481 g/mol. The van der Waals surface area contributed by atoms with E-state index in [4.69, 9.17) is 32.7 Å². The van der Waals surface area contributed by atoms with Crippen LogP contribution in [0.25, 0.3) is 5.57 Å². The lowest BCUT2D eigenvalue weighted by Gasteiger charge is -2.44. The number of allylic oxidation sites excluding steroid dienone is 1. The van der Waals surface area contributed by atoms with Crippen LogP contribution < -0.4 is 0 Å². The Morgan fingerprint density at radius 1 is 1.03 bits per heavy atom. The third-order valence-electron chi connectivity index (χ3n) is 6.75. The number of benzene rings is 3. The van der Waals surface area contributed by atoms with Gasteiger partial charge in [-0.2, -0.15) is 0 Å². The number of rotatable bonds is 7. The molecule has 0 bridgehead atoms. The lowest BCUT2D eigenvalue weighted by Crippen LogP contribution is -2.51. The summed E-state index contributed by atoms with van der Waals surface area (Å²) < 4.78 is 12.3. The molecule has 2 aliphatic heterocycles. The number of hydrogen-bond acceptors (Lipinski definition) is 3. The molecule has 180 valence electrons. The van der Waals surface area contributed by atoms with Gasteiger partial charge in [0.25, 0.3) is 5.91 Å². The Balaban J connectivity index is 1.69. The highest BCUT2D eigenvalue weighted by atomic mass is 35.5. The van der Waals surface area contributed by atoms with Crippen molar-refractivity contribution >= 4 is 34.7 Å². The number of amides is 1. The third kappa shape index (κ3) is 4.30. The Morgan fingerprint density at radius 3 is 2.23 bits per heavy atom. The van der Waals surface area contributed by atoms with E-state index in [0.717, 1.165) is 27.8 Å². The molecule has 0 aliphatic carbocycles. The average Bonchev–Trinajstić information content (AvgIpc) is 3.06. The van der Waals surface area contributed by atoms with E-state index in [0.29, 0.717) is 42.0 Å². The zero-order chi connectivity index (χ0) is 24.8. The molecule has 1 saturated heterocycles. The van der Waals surface area contributed by atoms with Gasteiger partial charge in [0.15, 0.2) is 5.72 Å². The Labute approximate surface area is 216 Å². The molecule has 0 saturated carbocycles. The summed E-state index contributed by atoms with van der Waals surface area (Å²) in [5.41, 5.74) is 3.81. The zero-order valence-electron chi connectivity index (χ0n) is 19.8. The fraction of sp³-hybridized carbons (Fsp3) is 0.276. The lowest BCUT2D eigenvalue weighted by atomic mass is 9.88. The molecule has 3 aromatic rings. The van der Waals surface area contributed by atoms with E-state index in [-0.39, 0.29) is 11.3 Å². The van der Waals surface area contributed by atoms with Crippen LogP contribution in [0.15, 0.2) is 73.3 Å². The number of carbonyl (C=O) groups is 1. The predicted molar refractivity (Wildman–Crippen MR) is 140 cm³/mol. The molecule has 6 heteroatoms. The molecular formula is C29H27Cl2NO3. The summed E-state index contributed by atoms with van der Waals surface area (Å²) >= 11 is 12.4. The number of fused-ring (bicyclic) bond motifs is 1. The average molecular weight is 508 g/mol. The van der Waals surface area contributed by atoms with Crippen molar-refractivity contribution in [2.45, 2.75) is 26.1 Å². The molecule has 5 rings (SSSR count). The standard InChI is InChI=1S/C29H27Cl2NO3/c1-19(2)21-6-13-26-25(14-21)27(33)32(15-20-4-9-23(30)10-5-20)29(26,22-7-11-24(31)12-8-22)35-18-28(3)16-34-17-28/h4-14H,1,15-18H2,2-3H3. The van der Waals surface area contributed by atoms with Crippen molar-refractivity contribution in [3.8, 4) is 0 Å². The van der Waals surface area contributed by atoms with E-state index in [1.807, 2.05) is 78.6 Å². The Morgan fingerprint density at radius 2 is 1.66 bits per heavy atom. The molecule has 1 amide bonds. The van der Waals surface area contributed by atoms with E-state index < -0.39 is 5.72 Å². The van der Waals surface area contributed by atoms with Gasteiger partial charge in [0.1, 0.15) is 0 Å². The molecule has 2 aliphatic rings. The number of hydrogen-bond donors (Lipinski definition) is 0. The van der Waals surface area contributed by atoms with Crippen molar-refractivity contribution in [2.24, 2.45) is 5.41 Å². The Hall–Kier alpha value is -2.63. The summed E-state index contributed by atoms with van der Waals surface area (Å²) in [6.07, 6.45) is 0. The smallest absolute Gasteiger partial charge is 0.257 e. The van der Waals surface area contributed by atoms with Crippen molar-refractivity contribution in [3.63, 3.8) is 0 Å². The number of halogens is 2. The van der Waals surface area contributed by atoms with Gasteiger partial charge in [0.05, 0.1) is 19.8 Å². The minimum atomic E-state index is -1.12. The topological polar surface area (TPSA) is 38.8 Å². The first-order chi connectivity index (χ1) is 16.7. The largest absolute Gasteiger partial charge is 0.380 e. The quantitative estimate of drug-likeness (QED) is 0.347. The summed E-state index contributed by atoms with van der Waals surface area (Å²) in [5.74, 6) is -0.0944. The fourth-order valence-electron chi connectivity index (χ4n) is 4.71. The molecule has 0 radical (unpaired) electrons. The van der Waals surface area contributed by atoms with E-state index in [9.17, 15) is 4.79 Å². The van der Waals surface area contributed by atoms with Crippen LogP contribution in [0, 0.1) is 5.41 Å². The molecule has 0 spiro atoms. The second-order valence-electron chi connectivity index (χ2n) is 9.80. The Kier molecular flexibility index (Phi) is 6.27. The van der Waals surface area contributed by atoms with Gasteiger partial charge in [-0.3, -0.25) is 9.69 Å². The summed E-state index contributed by atoms with van der Waals surface area (Å²) in [4.78, 5) is 15.9. The molecule has 2 heterocycles. The van der Waals surface area contributed by atoms with E-state index in [2.05, 4.69) is 13.5 Å². The highest BCUT2D eigenvalue weighted by molar-refractivity contribution is 6.30. The molecule has 0 N–H and O–H groups in total.